The zero-order valence-electron chi connectivity index (χ0n) is 13.8. The smallest absolute Gasteiger partial charge is 0.351 e. The molecule has 0 N–H and O–H groups in total. The standard InChI is InChI=1S/C16H19ClF3IN4/c1-2-11-8-10(9-22)5-7-25(11)15-13(17)24-14(21)12(23-15)4-3-6-16(18,19)20/h10-11H,2-8H2,1H3. The van der Waals surface area contributed by atoms with Crippen molar-refractivity contribution in [1.29, 1.82) is 5.26 Å². The molecule has 2 rings (SSSR count). The first-order valence-electron chi connectivity index (χ1n) is 8.20. The van der Waals surface area contributed by atoms with Crippen molar-refractivity contribution in [3.63, 3.8) is 0 Å². The van der Waals surface area contributed by atoms with Crippen LogP contribution in [0.15, 0.2) is 0 Å². The summed E-state index contributed by atoms with van der Waals surface area (Å²) in [5.41, 5.74) is 0.543. The van der Waals surface area contributed by atoms with Crippen LogP contribution in [0.1, 0.15) is 44.7 Å². The molecule has 2 heterocycles. The molecule has 1 aliphatic rings. The fourth-order valence-electron chi connectivity index (χ4n) is 3.05. The van der Waals surface area contributed by atoms with Crippen molar-refractivity contribution in [2.45, 2.75) is 57.7 Å². The molecule has 1 aromatic heterocycles. The molecule has 2 atom stereocenters. The summed E-state index contributed by atoms with van der Waals surface area (Å²) in [5.74, 6) is 0.537. The number of nitrogens with zero attached hydrogens (tertiary/aromatic N) is 4. The van der Waals surface area contributed by atoms with E-state index in [-0.39, 0.29) is 30.0 Å². The third-order valence-corrected chi connectivity index (χ3v) is 5.49. The molecule has 25 heavy (non-hydrogen) atoms. The largest absolute Gasteiger partial charge is 0.389 e. The van der Waals surface area contributed by atoms with Crippen LogP contribution in [0.5, 0.6) is 0 Å². The van der Waals surface area contributed by atoms with Crippen LogP contribution in [0, 0.1) is 20.9 Å². The van der Waals surface area contributed by atoms with Gasteiger partial charge in [0.05, 0.1) is 11.8 Å². The van der Waals surface area contributed by atoms with Gasteiger partial charge in [0, 0.05) is 24.9 Å². The molecule has 1 aliphatic heterocycles. The molecule has 0 bridgehead atoms. The van der Waals surface area contributed by atoms with Gasteiger partial charge in [-0.15, -0.1) is 0 Å². The monoisotopic (exact) mass is 486 g/mol. The van der Waals surface area contributed by atoms with E-state index in [1.807, 2.05) is 34.4 Å². The molecule has 0 amide bonds. The minimum Gasteiger partial charge on any atom is -0.351 e. The molecule has 1 fully saturated rings. The Kier molecular flexibility index (Phi) is 7.14. The van der Waals surface area contributed by atoms with Crippen molar-refractivity contribution >= 4 is 40.0 Å². The molecule has 4 nitrogen and oxygen atoms in total. The maximum Gasteiger partial charge on any atom is 0.389 e. The summed E-state index contributed by atoms with van der Waals surface area (Å²) in [5, 5.41) is 9.41. The van der Waals surface area contributed by atoms with Gasteiger partial charge >= 0.3 is 6.18 Å². The minimum absolute atomic E-state index is 0.0167. The molecule has 0 aliphatic carbocycles. The van der Waals surface area contributed by atoms with Gasteiger partial charge in [-0.1, -0.05) is 18.5 Å². The number of aromatic nitrogens is 2. The first-order valence-corrected chi connectivity index (χ1v) is 9.65. The van der Waals surface area contributed by atoms with Crippen LogP contribution in [-0.2, 0) is 6.42 Å². The molecule has 0 radical (unpaired) electrons. The number of nitriles is 1. The van der Waals surface area contributed by atoms with Gasteiger partial charge < -0.3 is 4.90 Å². The van der Waals surface area contributed by atoms with Gasteiger partial charge in [-0.2, -0.15) is 18.4 Å². The summed E-state index contributed by atoms with van der Waals surface area (Å²) in [6, 6.07) is 2.45. The lowest BCUT2D eigenvalue weighted by Crippen LogP contribution is -2.43. The molecule has 1 saturated heterocycles. The normalized spacial score (nSPS) is 21.2. The number of piperidine rings is 1. The lowest BCUT2D eigenvalue weighted by atomic mass is 9.90. The summed E-state index contributed by atoms with van der Waals surface area (Å²) >= 11 is 8.23. The lowest BCUT2D eigenvalue weighted by Gasteiger charge is -2.38. The van der Waals surface area contributed by atoms with Gasteiger partial charge in [-0.05, 0) is 54.7 Å². The van der Waals surface area contributed by atoms with Crippen molar-refractivity contribution in [3.8, 4) is 6.07 Å². The average Bonchev–Trinajstić information content (AvgIpc) is 2.55. The minimum atomic E-state index is -4.17. The van der Waals surface area contributed by atoms with Crippen LogP contribution in [0.3, 0.4) is 0 Å². The first-order chi connectivity index (χ1) is 11.7. The Morgan fingerprint density at radius 2 is 2.12 bits per heavy atom. The van der Waals surface area contributed by atoms with E-state index in [1.165, 1.54) is 0 Å². The summed E-state index contributed by atoms with van der Waals surface area (Å²) in [6.45, 7) is 2.68. The van der Waals surface area contributed by atoms with E-state index in [4.69, 9.17) is 16.9 Å². The maximum atomic E-state index is 12.4. The van der Waals surface area contributed by atoms with E-state index < -0.39 is 12.6 Å². The molecule has 138 valence electrons. The molecule has 0 spiro atoms. The lowest BCUT2D eigenvalue weighted by molar-refractivity contribution is -0.135. The predicted octanol–water partition coefficient (Wildman–Crippen LogP) is 5.14. The maximum absolute atomic E-state index is 12.4. The molecule has 0 saturated carbocycles. The highest BCUT2D eigenvalue weighted by Gasteiger charge is 2.31. The third-order valence-electron chi connectivity index (χ3n) is 4.38. The zero-order chi connectivity index (χ0) is 18.6. The van der Waals surface area contributed by atoms with E-state index in [9.17, 15) is 13.2 Å². The fourth-order valence-corrected chi connectivity index (χ4v) is 4.06. The van der Waals surface area contributed by atoms with Gasteiger partial charge in [0.25, 0.3) is 0 Å². The van der Waals surface area contributed by atoms with Crippen LogP contribution in [0.4, 0.5) is 19.0 Å². The zero-order valence-corrected chi connectivity index (χ0v) is 16.7. The van der Waals surface area contributed by atoms with E-state index in [0.717, 1.165) is 19.3 Å². The van der Waals surface area contributed by atoms with Crippen molar-refractivity contribution in [3.05, 3.63) is 14.5 Å². The van der Waals surface area contributed by atoms with Crippen molar-refractivity contribution < 1.29 is 13.2 Å². The second kappa shape index (κ2) is 8.71. The number of aryl methyl sites for hydroxylation is 1. The average molecular weight is 487 g/mol. The van der Waals surface area contributed by atoms with E-state index in [0.29, 0.717) is 21.8 Å². The summed E-state index contributed by atoms with van der Waals surface area (Å²) in [7, 11) is 0. The number of hydrogen-bond donors (Lipinski definition) is 0. The SMILES string of the molecule is CCC1CC(C#N)CCN1c1nc(CCCC(F)(F)F)c(I)nc1Cl. The molecule has 9 heteroatoms. The molecule has 0 aromatic carbocycles. The molecule has 2 unspecified atom stereocenters. The van der Waals surface area contributed by atoms with Gasteiger partial charge in [0.2, 0.25) is 0 Å². The number of rotatable bonds is 5. The topological polar surface area (TPSA) is 52.8 Å². The quantitative estimate of drug-likeness (QED) is 0.541. The Balaban J connectivity index is 2.20. The summed E-state index contributed by atoms with van der Waals surface area (Å²) in [6.07, 6.45) is -2.52. The van der Waals surface area contributed by atoms with E-state index in [2.05, 4.69) is 16.0 Å². The number of halogens is 5. The molecular weight excluding hydrogens is 468 g/mol. The number of alkyl halides is 3. The summed E-state index contributed by atoms with van der Waals surface area (Å²) < 4.78 is 37.6. The van der Waals surface area contributed by atoms with Crippen LogP contribution < -0.4 is 4.90 Å². The van der Waals surface area contributed by atoms with Crippen molar-refractivity contribution in [2.75, 3.05) is 11.4 Å². The van der Waals surface area contributed by atoms with Crippen LogP contribution in [0.2, 0.25) is 5.15 Å². The predicted molar refractivity (Wildman–Crippen MR) is 98.5 cm³/mol. The Hall–Kier alpha value is -0.820. The van der Waals surface area contributed by atoms with Gasteiger partial charge in [0.15, 0.2) is 11.0 Å². The van der Waals surface area contributed by atoms with Gasteiger partial charge in [-0.3, -0.25) is 0 Å². The summed E-state index contributed by atoms with van der Waals surface area (Å²) in [4.78, 5) is 10.9. The van der Waals surface area contributed by atoms with Crippen LogP contribution in [0.25, 0.3) is 0 Å². The van der Waals surface area contributed by atoms with Crippen LogP contribution >= 0.6 is 34.2 Å². The van der Waals surface area contributed by atoms with E-state index in [1.54, 1.807) is 0 Å². The second-order valence-electron chi connectivity index (χ2n) is 6.15. The Bertz CT molecular complexity index is 647. The van der Waals surface area contributed by atoms with Crippen molar-refractivity contribution in [1.82, 2.24) is 9.97 Å². The van der Waals surface area contributed by atoms with Gasteiger partial charge in [-0.25, -0.2) is 9.97 Å². The molecular formula is C16H19ClF3IN4. The molecule has 1 aromatic rings. The van der Waals surface area contributed by atoms with Crippen molar-refractivity contribution in [2.24, 2.45) is 5.92 Å². The Labute approximate surface area is 163 Å². The highest BCUT2D eigenvalue weighted by Crippen LogP contribution is 2.33. The van der Waals surface area contributed by atoms with Crippen LogP contribution in [-0.4, -0.2) is 28.7 Å². The highest BCUT2D eigenvalue weighted by atomic mass is 127. The third kappa shape index (κ3) is 5.58. The Morgan fingerprint density at radius 1 is 1.40 bits per heavy atom. The highest BCUT2D eigenvalue weighted by molar-refractivity contribution is 14.1. The number of hydrogen-bond acceptors (Lipinski definition) is 4. The first kappa shape index (κ1) is 20.5. The fraction of sp³-hybridized carbons (Fsp3) is 0.688. The van der Waals surface area contributed by atoms with E-state index >= 15 is 0 Å². The second-order valence-corrected chi connectivity index (χ2v) is 7.53. The van der Waals surface area contributed by atoms with Gasteiger partial charge in [0.1, 0.15) is 3.70 Å². The Morgan fingerprint density at radius 3 is 2.72 bits per heavy atom. The number of anilines is 1.